The first-order chi connectivity index (χ1) is 16.7. The molecular weight excluding hydrogens is 477 g/mol. The summed E-state index contributed by atoms with van der Waals surface area (Å²) < 4.78 is 52.7. The maximum atomic E-state index is 14.0. The van der Waals surface area contributed by atoms with Crippen molar-refractivity contribution in [3.05, 3.63) is 54.0 Å². The van der Waals surface area contributed by atoms with E-state index in [9.17, 15) is 22.4 Å². The summed E-state index contributed by atoms with van der Waals surface area (Å²) in [5.41, 5.74) is 2.27. The van der Waals surface area contributed by atoms with E-state index in [0.29, 0.717) is 27.6 Å². The Morgan fingerprint density at radius 3 is 2.54 bits per heavy atom. The standard InChI is InChI=1S/C24H26FN3O6S/c1-4-33-23(29)26-10-11-28-15(3)19-12-16(6-9-22(19)35(28,31)32)20-14-27(24(30)34-5-2)21-13-17(25)7-8-18(20)21/h6-9,12-15H,4-5,10-11H2,1-3H3,(H,26,29). The number of ether oxygens (including phenoxy) is 2. The van der Waals surface area contributed by atoms with Gasteiger partial charge in [-0.15, -0.1) is 0 Å². The van der Waals surface area contributed by atoms with Gasteiger partial charge in [0.25, 0.3) is 0 Å². The highest BCUT2D eigenvalue weighted by molar-refractivity contribution is 7.89. The molecule has 1 unspecified atom stereocenters. The largest absolute Gasteiger partial charge is 0.450 e. The zero-order chi connectivity index (χ0) is 25.3. The van der Waals surface area contributed by atoms with E-state index in [1.54, 1.807) is 45.2 Å². The lowest BCUT2D eigenvalue weighted by atomic mass is 9.99. The first kappa shape index (κ1) is 24.7. The minimum atomic E-state index is -3.76. The molecule has 0 fully saturated rings. The highest BCUT2D eigenvalue weighted by Gasteiger charge is 2.40. The average molecular weight is 504 g/mol. The summed E-state index contributed by atoms with van der Waals surface area (Å²) in [6, 6.07) is 8.63. The predicted octanol–water partition coefficient (Wildman–Crippen LogP) is 4.26. The fourth-order valence-electron chi connectivity index (χ4n) is 4.31. The van der Waals surface area contributed by atoms with Crippen molar-refractivity contribution >= 4 is 33.1 Å². The Labute approximate surface area is 202 Å². The summed E-state index contributed by atoms with van der Waals surface area (Å²) >= 11 is 0. The molecular formula is C24H26FN3O6S. The van der Waals surface area contributed by atoms with E-state index in [1.165, 1.54) is 27.1 Å². The lowest BCUT2D eigenvalue weighted by Gasteiger charge is -2.20. The normalized spacial score (nSPS) is 16.7. The van der Waals surface area contributed by atoms with Crippen molar-refractivity contribution in [2.75, 3.05) is 26.3 Å². The van der Waals surface area contributed by atoms with Crippen molar-refractivity contribution in [1.29, 1.82) is 0 Å². The Bertz CT molecular complexity index is 1400. The van der Waals surface area contributed by atoms with Crippen LogP contribution in [-0.4, -0.2) is 55.8 Å². The Morgan fingerprint density at radius 1 is 1.09 bits per heavy atom. The van der Waals surface area contributed by atoms with Gasteiger partial charge in [-0.2, -0.15) is 4.31 Å². The zero-order valence-corrected chi connectivity index (χ0v) is 20.4. The maximum Gasteiger partial charge on any atom is 0.418 e. The monoisotopic (exact) mass is 503 g/mol. The van der Waals surface area contributed by atoms with E-state index in [-0.39, 0.29) is 31.2 Å². The number of nitrogens with zero attached hydrogens (tertiary/aromatic N) is 2. The number of fused-ring (bicyclic) bond motifs is 2. The van der Waals surface area contributed by atoms with Crippen LogP contribution in [0.25, 0.3) is 22.0 Å². The molecule has 186 valence electrons. The molecule has 1 aliphatic heterocycles. The molecule has 1 aromatic heterocycles. The van der Waals surface area contributed by atoms with E-state index in [2.05, 4.69) is 5.32 Å². The predicted molar refractivity (Wildman–Crippen MR) is 127 cm³/mol. The minimum absolute atomic E-state index is 0.0772. The number of carbonyl (C=O) groups is 2. The molecule has 1 amide bonds. The summed E-state index contributed by atoms with van der Waals surface area (Å²) in [7, 11) is -3.76. The van der Waals surface area contributed by atoms with Crippen LogP contribution in [0, 0.1) is 5.82 Å². The topological polar surface area (TPSA) is 107 Å². The van der Waals surface area contributed by atoms with Crippen LogP contribution in [0.2, 0.25) is 0 Å². The fourth-order valence-corrected chi connectivity index (χ4v) is 6.19. The van der Waals surface area contributed by atoms with Crippen LogP contribution in [0.5, 0.6) is 0 Å². The molecule has 4 rings (SSSR count). The number of benzene rings is 2. The van der Waals surface area contributed by atoms with Crippen molar-refractivity contribution in [2.45, 2.75) is 31.7 Å². The number of halogens is 1. The van der Waals surface area contributed by atoms with E-state index >= 15 is 0 Å². The molecule has 0 aliphatic carbocycles. The van der Waals surface area contributed by atoms with Gasteiger partial charge in [-0.3, -0.25) is 4.57 Å². The Balaban J connectivity index is 1.70. The molecule has 2 heterocycles. The third-order valence-electron chi connectivity index (χ3n) is 5.90. The highest BCUT2D eigenvalue weighted by Crippen LogP contribution is 2.42. The van der Waals surface area contributed by atoms with Gasteiger partial charge >= 0.3 is 12.2 Å². The summed E-state index contributed by atoms with van der Waals surface area (Å²) in [5, 5.41) is 3.16. The smallest absolute Gasteiger partial charge is 0.418 e. The second-order valence-corrected chi connectivity index (χ2v) is 9.82. The number of hydrogen-bond donors (Lipinski definition) is 1. The minimum Gasteiger partial charge on any atom is -0.450 e. The number of rotatable bonds is 6. The molecule has 0 bridgehead atoms. The van der Waals surface area contributed by atoms with Crippen molar-refractivity contribution in [2.24, 2.45) is 0 Å². The molecule has 0 saturated carbocycles. The second kappa shape index (κ2) is 9.67. The van der Waals surface area contributed by atoms with Crippen molar-refractivity contribution in [3.63, 3.8) is 0 Å². The van der Waals surface area contributed by atoms with Crippen molar-refractivity contribution in [1.82, 2.24) is 14.2 Å². The molecule has 3 aromatic rings. The van der Waals surface area contributed by atoms with Gasteiger partial charge in [0.2, 0.25) is 10.0 Å². The van der Waals surface area contributed by atoms with Crippen LogP contribution in [-0.2, 0) is 19.5 Å². The Morgan fingerprint density at radius 2 is 1.83 bits per heavy atom. The summed E-state index contributed by atoms with van der Waals surface area (Å²) in [4.78, 5) is 24.2. The van der Waals surface area contributed by atoms with Gasteiger partial charge in [-0.25, -0.2) is 22.4 Å². The van der Waals surface area contributed by atoms with Crippen LogP contribution in [0.1, 0.15) is 32.4 Å². The molecule has 0 radical (unpaired) electrons. The molecule has 0 spiro atoms. The Hall–Kier alpha value is -3.44. The SMILES string of the molecule is CCOC(=O)NCCN1C(C)c2cc(-c3cn(C(=O)OCC)c4cc(F)ccc34)ccc2S1(=O)=O. The molecule has 9 nitrogen and oxygen atoms in total. The third kappa shape index (κ3) is 4.48. The summed E-state index contributed by atoms with van der Waals surface area (Å²) in [5.74, 6) is -0.492. The van der Waals surface area contributed by atoms with Crippen LogP contribution >= 0.6 is 0 Å². The number of hydrogen-bond acceptors (Lipinski definition) is 6. The number of alkyl carbamates (subject to hydrolysis) is 1. The number of amides is 1. The van der Waals surface area contributed by atoms with Crippen molar-refractivity contribution in [3.8, 4) is 11.1 Å². The molecule has 0 saturated heterocycles. The number of carbonyl (C=O) groups excluding carboxylic acids is 2. The second-order valence-electron chi connectivity index (χ2n) is 7.96. The molecule has 35 heavy (non-hydrogen) atoms. The van der Waals surface area contributed by atoms with E-state index in [1.807, 2.05) is 0 Å². The third-order valence-corrected chi connectivity index (χ3v) is 7.94. The van der Waals surface area contributed by atoms with E-state index < -0.39 is 34.1 Å². The number of aromatic nitrogens is 1. The fraction of sp³-hybridized carbons (Fsp3) is 0.333. The van der Waals surface area contributed by atoms with E-state index in [4.69, 9.17) is 9.47 Å². The lowest BCUT2D eigenvalue weighted by molar-refractivity contribution is 0.151. The first-order valence-electron chi connectivity index (χ1n) is 11.2. The van der Waals surface area contributed by atoms with Gasteiger partial charge in [-0.1, -0.05) is 6.07 Å². The lowest BCUT2D eigenvalue weighted by Crippen LogP contribution is -2.36. The van der Waals surface area contributed by atoms with Gasteiger partial charge < -0.3 is 14.8 Å². The van der Waals surface area contributed by atoms with Crippen LogP contribution in [0.3, 0.4) is 0 Å². The molecule has 1 atom stereocenters. The first-order valence-corrected chi connectivity index (χ1v) is 12.7. The van der Waals surface area contributed by atoms with Gasteiger partial charge in [0, 0.05) is 36.3 Å². The molecule has 1 aliphatic rings. The van der Waals surface area contributed by atoms with Gasteiger partial charge in [0.05, 0.1) is 23.6 Å². The van der Waals surface area contributed by atoms with Gasteiger partial charge in [-0.05, 0) is 62.2 Å². The van der Waals surface area contributed by atoms with E-state index in [0.717, 1.165) is 0 Å². The number of nitrogens with one attached hydrogen (secondary N) is 1. The molecule has 1 N–H and O–H groups in total. The van der Waals surface area contributed by atoms with Gasteiger partial charge in [0.1, 0.15) is 5.82 Å². The van der Waals surface area contributed by atoms with Crippen molar-refractivity contribution < 1.29 is 31.9 Å². The summed E-state index contributed by atoms with van der Waals surface area (Å²) in [6.07, 6.45) is 0.330. The Kier molecular flexibility index (Phi) is 6.82. The quantitative estimate of drug-likeness (QED) is 0.539. The number of sulfonamides is 1. The average Bonchev–Trinajstić information content (AvgIpc) is 3.27. The van der Waals surface area contributed by atoms with Crippen LogP contribution in [0.4, 0.5) is 14.0 Å². The van der Waals surface area contributed by atoms with Crippen LogP contribution < -0.4 is 5.32 Å². The van der Waals surface area contributed by atoms with Gasteiger partial charge in [0.15, 0.2) is 0 Å². The van der Waals surface area contributed by atoms with Crippen LogP contribution in [0.15, 0.2) is 47.5 Å². The molecule has 2 aromatic carbocycles. The maximum absolute atomic E-state index is 14.0. The summed E-state index contributed by atoms with van der Waals surface area (Å²) in [6.45, 7) is 5.70. The zero-order valence-electron chi connectivity index (χ0n) is 19.6. The molecule has 11 heteroatoms. The highest BCUT2D eigenvalue weighted by atomic mass is 32.2.